The topological polar surface area (TPSA) is 67.5 Å². The second-order valence-electron chi connectivity index (χ2n) is 4.24. The predicted molar refractivity (Wildman–Crippen MR) is 65.4 cm³/mol. The Bertz CT molecular complexity index is 615. The van der Waals surface area contributed by atoms with Crippen LogP contribution in [-0.4, -0.2) is 25.7 Å². The van der Waals surface area contributed by atoms with Crippen molar-refractivity contribution in [2.24, 2.45) is 0 Å². The van der Waals surface area contributed by atoms with Crippen LogP contribution >= 0.6 is 15.9 Å². The molecule has 0 bridgehead atoms. The second-order valence-corrected chi connectivity index (χ2v) is 5.05. The largest absolute Gasteiger partial charge is 1.00 e. The molecule has 90 valence electrons. The number of fused-ring (bicyclic) bond motifs is 1. The third-order valence-corrected chi connectivity index (χ3v) is 3.55. The molecule has 18 heavy (non-hydrogen) atoms. The number of nitrogens with zero attached hydrogens (tertiary/aromatic N) is 3. The molecule has 2 aromatic rings. The Kier molecular flexibility index (Phi) is 4.61. The zero-order valence-electron chi connectivity index (χ0n) is 10.9. The Morgan fingerprint density at radius 1 is 1.50 bits per heavy atom. The average Bonchev–Trinajstić information content (AvgIpc) is 2.55. The molecular formula is C11H11BrKN3O2. The van der Waals surface area contributed by atoms with Gasteiger partial charge in [-0.1, -0.05) is 6.42 Å². The van der Waals surface area contributed by atoms with E-state index in [1.807, 2.05) is 0 Å². The minimum absolute atomic E-state index is 0. The van der Waals surface area contributed by atoms with Crippen molar-refractivity contribution in [3.8, 4) is 0 Å². The Balaban J connectivity index is 0.000000902. The van der Waals surface area contributed by atoms with Crippen molar-refractivity contribution in [2.45, 2.75) is 25.2 Å². The van der Waals surface area contributed by atoms with Gasteiger partial charge in [0.2, 0.25) is 0 Å². The van der Waals surface area contributed by atoms with Crippen molar-refractivity contribution in [1.29, 1.82) is 0 Å². The van der Waals surface area contributed by atoms with Crippen molar-refractivity contribution in [3.05, 3.63) is 28.1 Å². The van der Waals surface area contributed by atoms with Crippen molar-refractivity contribution in [1.82, 2.24) is 14.6 Å². The Labute approximate surface area is 156 Å². The number of halogens is 1. The normalized spacial score (nSPS) is 15.2. The Hall–Kier alpha value is 0.206. The third kappa shape index (κ3) is 2.57. The molecule has 7 heteroatoms. The first-order valence-corrected chi connectivity index (χ1v) is 6.24. The molecule has 0 amide bonds. The van der Waals surface area contributed by atoms with Crippen molar-refractivity contribution < 1.29 is 62.7 Å². The number of rotatable bonds is 2. The average molecular weight is 336 g/mol. The fourth-order valence-corrected chi connectivity index (χ4v) is 2.44. The molecule has 1 saturated carbocycles. The Morgan fingerprint density at radius 2 is 2.22 bits per heavy atom. The minimum Gasteiger partial charge on any atom is -1.00 e. The summed E-state index contributed by atoms with van der Waals surface area (Å²) in [6.45, 7) is 0. The van der Waals surface area contributed by atoms with Crippen molar-refractivity contribution >= 4 is 27.5 Å². The van der Waals surface area contributed by atoms with Gasteiger partial charge in [-0.15, -0.1) is 0 Å². The standard InChI is InChI=1S/C11H10BrN3O2.K.H/c12-9-5-10-13-7(11(16)17)4-8(15(10)14-9)6-2-1-3-6;;/h4-6H,1-3H2,(H,16,17);;/q;+1;-1. The van der Waals surface area contributed by atoms with Crippen LogP contribution in [0.1, 0.15) is 42.8 Å². The second kappa shape index (κ2) is 5.68. The third-order valence-electron chi connectivity index (χ3n) is 3.17. The van der Waals surface area contributed by atoms with Gasteiger partial charge in [0.05, 0.1) is 0 Å². The first-order valence-electron chi connectivity index (χ1n) is 5.44. The van der Waals surface area contributed by atoms with Gasteiger partial charge in [0.15, 0.2) is 11.3 Å². The van der Waals surface area contributed by atoms with Gasteiger partial charge >= 0.3 is 57.4 Å². The molecule has 1 N–H and O–H groups in total. The Morgan fingerprint density at radius 3 is 2.78 bits per heavy atom. The molecule has 1 fully saturated rings. The summed E-state index contributed by atoms with van der Waals surface area (Å²) in [6, 6.07) is 3.37. The smallest absolute Gasteiger partial charge is 1.00 e. The summed E-state index contributed by atoms with van der Waals surface area (Å²) in [6.07, 6.45) is 3.38. The van der Waals surface area contributed by atoms with Crippen molar-refractivity contribution in [3.63, 3.8) is 0 Å². The van der Waals surface area contributed by atoms with E-state index in [1.165, 1.54) is 6.42 Å². The molecule has 0 aromatic carbocycles. The molecule has 2 heterocycles. The molecule has 0 aliphatic heterocycles. The van der Waals surface area contributed by atoms with Crippen LogP contribution < -0.4 is 51.4 Å². The van der Waals surface area contributed by atoms with Crippen LogP contribution in [0.25, 0.3) is 5.65 Å². The predicted octanol–water partition coefficient (Wildman–Crippen LogP) is -0.426. The van der Waals surface area contributed by atoms with E-state index in [1.54, 1.807) is 16.6 Å². The van der Waals surface area contributed by atoms with E-state index in [-0.39, 0.29) is 58.5 Å². The van der Waals surface area contributed by atoms with E-state index < -0.39 is 5.97 Å². The fraction of sp³-hybridized carbons (Fsp3) is 0.364. The van der Waals surface area contributed by atoms with Crippen LogP contribution in [-0.2, 0) is 0 Å². The molecule has 1 aliphatic rings. The van der Waals surface area contributed by atoms with Gasteiger partial charge in [-0.3, -0.25) is 0 Å². The van der Waals surface area contributed by atoms with Gasteiger partial charge in [0.25, 0.3) is 0 Å². The summed E-state index contributed by atoms with van der Waals surface area (Å²) < 4.78 is 2.41. The summed E-state index contributed by atoms with van der Waals surface area (Å²) in [4.78, 5) is 15.1. The maximum absolute atomic E-state index is 11.0. The number of aromatic nitrogens is 3. The van der Waals surface area contributed by atoms with Crippen LogP contribution in [0.4, 0.5) is 0 Å². The zero-order valence-corrected chi connectivity index (χ0v) is 14.6. The monoisotopic (exact) mass is 335 g/mol. The number of hydrogen-bond donors (Lipinski definition) is 1. The number of carboxylic acids is 1. The quantitative estimate of drug-likeness (QED) is 0.756. The summed E-state index contributed by atoms with van der Waals surface area (Å²) in [7, 11) is 0. The minimum atomic E-state index is -0.995. The van der Waals surface area contributed by atoms with Crippen LogP contribution in [0.15, 0.2) is 16.7 Å². The van der Waals surface area contributed by atoms with Crippen LogP contribution in [0, 0.1) is 0 Å². The molecule has 0 saturated heterocycles. The molecule has 5 nitrogen and oxygen atoms in total. The van der Waals surface area contributed by atoms with E-state index in [2.05, 4.69) is 26.0 Å². The number of carbonyl (C=O) groups is 1. The molecular weight excluding hydrogens is 325 g/mol. The number of hydrogen-bond acceptors (Lipinski definition) is 3. The van der Waals surface area contributed by atoms with Gasteiger partial charge in [-0.2, -0.15) is 5.10 Å². The van der Waals surface area contributed by atoms with Gasteiger partial charge in [-0.05, 0) is 34.8 Å². The number of aromatic carboxylic acids is 1. The van der Waals surface area contributed by atoms with Crippen LogP contribution in [0.3, 0.4) is 0 Å². The molecule has 0 atom stereocenters. The van der Waals surface area contributed by atoms with E-state index in [9.17, 15) is 4.79 Å². The summed E-state index contributed by atoms with van der Waals surface area (Å²) in [5.41, 5.74) is 1.62. The van der Waals surface area contributed by atoms with Crippen LogP contribution in [0.5, 0.6) is 0 Å². The fourth-order valence-electron chi connectivity index (χ4n) is 2.07. The zero-order chi connectivity index (χ0) is 12.0. The summed E-state index contributed by atoms with van der Waals surface area (Å²) >= 11 is 3.29. The van der Waals surface area contributed by atoms with E-state index in [0.717, 1.165) is 18.5 Å². The van der Waals surface area contributed by atoms with Gasteiger partial charge in [0.1, 0.15) is 4.60 Å². The maximum atomic E-state index is 11.0. The van der Waals surface area contributed by atoms with Gasteiger partial charge in [-0.25, -0.2) is 14.3 Å². The SMILES string of the molecule is O=C(O)c1cc(C2CCC2)n2nc(Br)cc2n1.[H-].[K+]. The molecule has 1 aliphatic carbocycles. The first kappa shape index (κ1) is 14.6. The number of carboxylic acid groups (broad SMARTS) is 1. The molecule has 0 spiro atoms. The molecule has 3 rings (SSSR count). The molecule has 0 unspecified atom stereocenters. The van der Waals surface area contributed by atoms with E-state index >= 15 is 0 Å². The summed E-state index contributed by atoms with van der Waals surface area (Å²) in [5.74, 6) is -0.587. The van der Waals surface area contributed by atoms with Crippen LogP contribution in [0.2, 0.25) is 0 Å². The van der Waals surface area contributed by atoms with Gasteiger partial charge < -0.3 is 6.53 Å². The van der Waals surface area contributed by atoms with E-state index in [0.29, 0.717) is 16.2 Å². The van der Waals surface area contributed by atoms with E-state index in [4.69, 9.17) is 5.11 Å². The maximum Gasteiger partial charge on any atom is 1.00 e. The molecule has 2 aromatic heterocycles. The molecule has 0 radical (unpaired) electrons. The summed E-state index contributed by atoms with van der Waals surface area (Å²) in [5, 5.41) is 13.3. The first-order chi connectivity index (χ1) is 8.15. The van der Waals surface area contributed by atoms with Crippen molar-refractivity contribution in [2.75, 3.05) is 0 Å². The van der Waals surface area contributed by atoms with Gasteiger partial charge in [0, 0.05) is 17.7 Å².